The van der Waals surface area contributed by atoms with Crippen molar-refractivity contribution in [2.75, 3.05) is 46.2 Å². The number of rotatable bonds is 6. The van der Waals surface area contributed by atoms with Crippen LogP contribution in [0, 0.1) is 6.92 Å². The number of halogens is 1. The number of likely N-dealkylation sites (tertiary alicyclic amines) is 2. The third kappa shape index (κ3) is 5.33. The first-order valence-electron chi connectivity index (χ1n) is 13.8. The van der Waals surface area contributed by atoms with Crippen molar-refractivity contribution in [3.63, 3.8) is 0 Å². The van der Waals surface area contributed by atoms with Crippen molar-refractivity contribution in [2.24, 2.45) is 0 Å². The fourth-order valence-corrected chi connectivity index (χ4v) is 7.21. The molecule has 2 aromatic rings. The van der Waals surface area contributed by atoms with Crippen molar-refractivity contribution >= 4 is 23.3 Å². The molecule has 7 nitrogen and oxygen atoms in total. The van der Waals surface area contributed by atoms with E-state index in [9.17, 15) is 4.79 Å². The number of aryl methyl sites for hydroxylation is 1. The second kappa shape index (κ2) is 11.3. The normalized spacial score (nSPS) is 26.6. The van der Waals surface area contributed by atoms with Crippen LogP contribution in [-0.4, -0.2) is 74.9 Å². The second-order valence-electron chi connectivity index (χ2n) is 11.3. The number of amides is 2. The van der Waals surface area contributed by atoms with Crippen LogP contribution in [0.25, 0.3) is 0 Å². The number of fused-ring (bicyclic) bond motifs is 1. The predicted molar refractivity (Wildman–Crippen MR) is 153 cm³/mol. The molecular formula is C30H41ClN4O3. The molecule has 0 unspecified atom stereocenters. The molecule has 5 rings (SSSR count). The average Bonchev–Trinajstić information content (AvgIpc) is 3.30. The zero-order chi connectivity index (χ0) is 26.9. The number of carbonyl (C=O) groups excluding carboxylic acids is 1. The van der Waals surface area contributed by atoms with Gasteiger partial charge in [0.1, 0.15) is 0 Å². The Balaban J connectivity index is 1.38. The van der Waals surface area contributed by atoms with Gasteiger partial charge in [0.15, 0.2) is 11.5 Å². The Kier molecular flexibility index (Phi) is 8.08. The van der Waals surface area contributed by atoms with Gasteiger partial charge in [0.05, 0.1) is 14.2 Å². The SMILES string of the molecule is COc1ccc([C@@]23CC[C@H](NC(=O)Nc4cc(Cl)ccc4C)C[C@H]2N(C2CCN(C)CC2)CC3)cc1OC. The standard InChI is InChI=1S/C30H41ClN4O3/c1-20-5-7-22(31)18-25(20)33-29(36)32-23-9-12-30(21-6-8-26(37-3)27(17-21)38-4)13-16-35(28(30)19-23)24-10-14-34(2)15-11-24/h5-8,17-18,23-24,28H,9-16,19H2,1-4H3,(H2,32,33,36)/t23-,28+,30-/m0/s1. The van der Waals surface area contributed by atoms with E-state index in [-0.39, 0.29) is 17.5 Å². The van der Waals surface area contributed by atoms with E-state index in [0.717, 1.165) is 68.1 Å². The van der Waals surface area contributed by atoms with Crippen LogP contribution in [0.1, 0.15) is 49.7 Å². The lowest BCUT2D eigenvalue weighted by atomic mass is 9.65. The Morgan fingerprint density at radius 3 is 2.50 bits per heavy atom. The van der Waals surface area contributed by atoms with Crippen molar-refractivity contribution < 1.29 is 14.3 Å². The van der Waals surface area contributed by atoms with Gasteiger partial charge in [-0.2, -0.15) is 0 Å². The van der Waals surface area contributed by atoms with E-state index in [1.807, 2.05) is 25.1 Å². The van der Waals surface area contributed by atoms with Gasteiger partial charge < -0.3 is 25.0 Å². The van der Waals surface area contributed by atoms with Gasteiger partial charge in [-0.05, 0) is 108 Å². The molecule has 1 aliphatic carbocycles. The van der Waals surface area contributed by atoms with E-state index in [1.54, 1.807) is 20.3 Å². The number of benzene rings is 2. The smallest absolute Gasteiger partial charge is 0.319 e. The number of methoxy groups -OCH3 is 2. The van der Waals surface area contributed by atoms with Gasteiger partial charge in [-0.3, -0.25) is 4.90 Å². The topological polar surface area (TPSA) is 66.1 Å². The van der Waals surface area contributed by atoms with Gasteiger partial charge in [0.25, 0.3) is 0 Å². The molecule has 3 fully saturated rings. The molecule has 0 aromatic heterocycles. The fourth-order valence-electron chi connectivity index (χ4n) is 7.03. The maximum Gasteiger partial charge on any atom is 0.319 e. The van der Waals surface area contributed by atoms with Gasteiger partial charge in [0.2, 0.25) is 0 Å². The highest BCUT2D eigenvalue weighted by atomic mass is 35.5. The largest absolute Gasteiger partial charge is 0.493 e. The Labute approximate surface area is 231 Å². The molecule has 38 heavy (non-hydrogen) atoms. The highest BCUT2D eigenvalue weighted by Crippen LogP contribution is 2.51. The molecule has 2 heterocycles. The van der Waals surface area contributed by atoms with Gasteiger partial charge in [0, 0.05) is 34.3 Å². The predicted octanol–water partition coefficient (Wildman–Crippen LogP) is 5.45. The summed E-state index contributed by atoms with van der Waals surface area (Å²) in [5.41, 5.74) is 3.11. The molecule has 2 aromatic carbocycles. The molecule has 3 atom stereocenters. The summed E-state index contributed by atoms with van der Waals surface area (Å²) in [4.78, 5) is 18.3. The first-order valence-corrected chi connectivity index (χ1v) is 14.2. The summed E-state index contributed by atoms with van der Waals surface area (Å²) in [5, 5.41) is 6.93. The molecule has 8 heteroatoms. The van der Waals surface area contributed by atoms with Crippen molar-refractivity contribution in [1.82, 2.24) is 15.1 Å². The summed E-state index contributed by atoms with van der Waals surface area (Å²) < 4.78 is 11.2. The molecular weight excluding hydrogens is 500 g/mol. The number of ether oxygens (including phenoxy) is 2. The lowest BCUT2D eigenvalue weighted by Gasteiger charge is -2.48. The van der Waals surface area contributed by atoms with Crippen LogP contribution >= 0.6 is 11.6 Å². The zero-order valence-electron chi connectivity index (χ0n) is 23.1. The molecule has 0 bridgehead atoms. The van der Waals surface area contributed by atoms with Crippen LogP contribution in [0.4, 0.5) is 10.5 Å². The van der Waals surface area contributed by atoms with E-state index in [0.29, 0.717) is 17.1 Å². The minimum atomic E-state index is -0.164. The van der Waals surface area contributed by atoms with Crippen LogP contribution in [0.15, 0.2) is 36.4 Å². The lowest BCUT2D eigenvalue weighted by molar-refractivity contribution is 0.0673. The molecule has 2 N–H and O–H groups in total. The van der Waals surface area contributed by atoms with Crippen LogP contribution < -0.4 is 20.1 Å². The maximum atomic E-state index is 13.0. The summed E-state index contributed by atoms with van der Waals surface area (Å²) in [6, 6.07) is 12.9. The minimum absolute atomic E-state index is 0.0428. The Hall–Kier alpha value is -2.48. The third-order valence-corrected chi connectivity index (χ3v) is 9.43. The Bertz CT molecular complexity index is 1150. The number of carbonyl (C=O) groups is 1. The van der Waals surface area contributed by atoms with E-state index < -0.39 is 0 Å². The second-order valence-corrected chi connectivity index (χ2v) is 11.7. The van der Waals surface area contributed by atoms with Crippen molar-refractivity contribution in [3.8, 4) is 11.5 Å². The molecule has 2 aliphatic heterocycles. The number of piperidine rings is 1. The summed E-state index contributed by atoms with van der Waals surface area (Å²) >= 11 is 6.17. The highest BCUT2D eigenvalue weighted by Gasteiger charge is 2.53. The highest BCUT2D eigenvalue weighted by molar-refractivity contribution is 6.31. The van der Waals surface area contributed by atoms with E-state index >= 15 is 0 Å². The van der Waals surface area contributed by atoms with Crippen molar-refractivity contribution in [2.45, 2.75) is 69.0 Å². The van der Waals surface area contributed by atoms with Gasteiger partial charge in [-0.25, -0.2) is 4.79 Å². The number of hydrogen-bond donors (Lipinski definition) is 2. The third-order valence-electron chi connectivity index (χ3n) is 9.20. The first kappa shape index (κ1) is 27.1. The number of nitrogens with one attached hydrogen (secondary N) is 2. The number of anilines is 1. The molecule has 0 spiro atoms. The number of nitrogens with zero attached hydrogens (tertiary/aromatic N) is 2. The number of urea groups is 1. The molecule has 0 radical (unpaired) electrons. The Morgan fingerprint density at radius 2 is 1.76 bits per heavy atom. The summed E-state index contributed by atoms with van der Waals surface area (Å²) in [5.74, 6) is 1.55. The summed E-state index contributed by atoms with van der Waals surface area (Å²) in [6.45, 7) is 5.34. The van der Waals surface area contributed by atoms with Crippen LogP contribution in [0.2, 0.25) is 5.02 Å². The molecule has 2 saturated heterocycles. The van der Waals surface area contributed by atoms with Gasteiger partial charge >= 0.3 is 6.03 Å². The Morgan fingerprint density at radius 1 is 1.00 bits per heavy atom. The van der Waals surface area contributed by atoms with Crippen LogP contribution in [-0.2, 0) is 5.41 Å². The zero-order valence-corrected chi connectivity index (χ0v) is 23.8. The quantitative estimate of drug-likeness (QED) is 0.510. The first-order chi connectivity index (χ1) is 18.3. The average molecular weight is 541 g/mol. The minimum Gasteiger partial charge on any atom is -0.493 e. The van der Waals surface area contributed by atoms with Gasteiger partial charge in [-0.15, -0.1) is 0 Å². The lowest BCUT2D eigenvalue weighted by Crippen LogP contribution is -2.56. The summed E-state index contributed by atoms with van der Waals surface area (Å²) in [7, 11) is 5.61. The van der Waals surface area contributed by atoms with Gasteiger partial charge in [-0.1, -0.05) is 23.7 Å². The number of hydrogen-bond acceptors (Lipinski definition) is 5. The van der Waals surface area contributed by atoms with Crippen LogP contribution in [0.3, 0.4) is 0 Å². The molecule has 206 valence electrons. The molecule has 2 amide bonds. The molecule has 3 aliphatic rings. The van der Waals surface area contributed by atoms with Crippen molar-refractivity contribution in [3.05, 3.63) is 52.5 Å². The van der Waals surface area contributed by atoms with E-state index in [2.05, 4.69) is 39.6 Å². The summed E-state index contributed by atoms with van der Waals surface area (Å²) in [6.07, 6.45) is 6.41. The van der Waals surface area contributed by atoms with E-state index in [4.69, 9.17) is 21.1 Å². The molecule has 1 saturated carbocycles. The maximum absolute atomic E-state index is 13.0. The fraction of sp³-hybridized carbons (Fsp3) is 0.567. The van der Waals surface area contributed by atoms with Crippen molar-refractivity contribution in [1.29, 1.82) is 0 Å². The van der Waals surface area contributed by atoms with E-state index in [1.165, 1.54) is 18.4 Å². The monoisotopic (exact) mass is 540 g/mol. The van der Waals surface area contributed by atoms with Crippen LogP contribution in [0.5, 0.6) is 11.5 Å².